The number of carbonyl (C=O) groups excluding carboxylic acids is 2. The van der Waals surface area contributed by atoms with Crippen LogP contribution in [0.4, 0.5) is 0 Å². The zero-order valence-corrected chi connectivity index (χ0v) is 16.1. The zero-order valence-electron chi connectivity index (χ0n) is 16.1. The van der Waals surface area contributed by atoms with Crippen LogP contribution in [0.1, 0.15) is 53.1 Å². The van der Waals surface area contributed by atoms with Gasteiger partial charge in [-0.15, -0.1) is 0 Å². The summed E-state index contributed by atoms with van der Waals surface area (Å²) in [6, 6.07) is 6.90. The van der Waals surface area contributed by atoms with Crippen LogP contribution in [0.15, 0.2) is 36.0 Å². The predicted molar refractivity (Wildman–Crippen MR) is 101 cm³/mol. The minimum atomic E-state index is -0.864. The van der Waals surface area contributed by atoms with Gasteiger partial charge in [-0.05, 0) is 59.2 Å². The standard InChI is InChI=1S/C21H25NO4/c1-20(2,3)25-18(23)15-12-14-9-7-8-13-10-11-22(16(13)14)17(15)19(24)26-21(4,5)6/h7-12,17H,1-6H3. The third-order valence-electron chi connectivity index (χ3n) is 3.92. The van der Waals surface area contributed by atoms with Gasteiger partial charge in [0.25, 0.3) is 0 Å². The lowest BCUT2D eigenvalue weighted by atomic mass is 9.97. The summed E-state index contributed by atoms with van der Waals surface area (Å²) < 4.78 is 12.9. The van der Waals surface area contributed by atoms with Crippen molar-refractivity contribution in [3.05, 3.63) is 41.6 Å². The van der Waals surface area contributed by atoms with E-state index in [1.165, 1.54) is 0 Å². The van der Waals surface area contributed by atoms with E-state index in [2.05, 4.69) is 0 Å². The van der Waals surface area contributed by atoms with E-state index >= 15 is 0 Å². The molecule has 1 aromatic heterocycles. The number of nitrogens with zero attached hydrogens (tertiary/aromatic N) is 1. The average Bonchev–Trinajstić information content (AvgIpc) is 2.89. The fourth-order valence-electron chi connectivity index (χ4n) is 3.08. The van der Waals surface area contributed by atoms with Gasteiger partial charge in [-0.3, -0.25) is 0 Å². The van der Waals surface area contributed by atoms with Crippen molar-refractivity contribution in [3.8, 4) is 0 Å². The highest BCUT2D eigenvalue weighted by molar-refractivity contribution is 6.06. The molecule has 1 unspecified atom stereocenters. The van der Waals surface area contributed by atoms with Gasteiger partial charge in [0.1, 0.15) is 11.2 Å². The van der Waals surface area contributed by atoms with Crippen LogP contribution in [0.2, 0.25) is 0 Å². The van der Waals surface area contributed by atoms with E-state index in [1.807, 2.05) is 51.2 Å². The van der Waals surface area contributed by atoms with Gasteiger partial charge in [0.2, 0.25) is 0 Å². The summed E-state index contributed by atoms with van der Waals surface area (Å²) in [5.74, 6) is -0.980. The van der Waals surface area contributed by atoms with Crippen LogP contribution in [0.25, 0.3) is 17.0 Å². The highest BCUT2D eigenvalue weighted by Crippen LogP contribution is 2.36. The predicted octanol–water partition coefficient (Wildman–Crippen LogP) is 4.26. The molecule has 0 radical (unpaired) electrons. The van der Waals surface area contributed by atoms with E-state index in [4.69, 9.17) is 9.47 Å². The van der Waals surface area contributed by atoms with Gasteiger partial charge < -0.3 is 14.0 Å². The smallest absolute Gasteiger partial charge is 0.337 e. The lowest BCUT2D eigenvalue weighted by Gasteiger charge is -2.30. The number of para-hydroxylation sites is 1. The first kappa shape index (κ1) is 18.2. The van der Waals surface area contributed by atoms with Gasteiger partial charge in [-0.1, -0.05) is 18.2 Å². The number of esters is 2. The van der Waals surface area contributed by atoms with Crippen molar-refractivity contribution in [2.75, 3.05) is 0 Å². The lowest BCUT2D eigenvalue weighted by Crippen LogP contribution is -2.36. The Kier molecular flexibility index (Phi) is 4.21. The highest BCUT2D eigenvalue weighted by atomic mass is 16.6. The molecule has 0 saturated carbocycles. The molecule has 3 rings (SSSR count). The van der Waals surface area contributed by atoms with E-state index < -0.39 is 29.2 Å². The Morgan fingerprint density at radius 1 is 0.962 bits per heavy atom. The number of aromatic nitrogens is 1. The lowest BCUT2D eigenvalue weighted by molar-refractivity contribution is -0.161. The molecule has 0 fully saturated rings. The highest BCUT2D eigenvalue weighted by Gasteiger charge is 2.38. The first-order valence-corrected chi connectivity index (χ1v) is 8.74. The largest absolute Gasteiger partial charge is 0.458 e. The summed E-state index contributed by atoms with van der Waals surface area (Å²) in [5.41, 5.74) is 0.771. The molecule has 5 heteroatoms. The van der Waals surface area contributed by atoms with E-state index in [0.29, 0.717) is 0 Å². The second kappa shape index (κ2) is 6.01. The molecular weight excluding hydrogens is 330 g/mol. The summed E-state index contributed by atoms with van der Waals surface area (Å²) in [7, 11) is 0. The molecule has 1 aromatic carbocycles. The first-order valence-electron chi connectivity index (χ1n) is 8.74. The fraction of sp³-hybridized carbons (Fsp3) is 0.429. The van der Waals surface area contributed by atoms with E-state index in [1.54, 1.807) is 31.4 Å². The molecule has 1 atom stereocenters. The molecule has 0 saturated heterocycles. The van der Waals surface area contributed by atoms with Crippen LogP contribution in [0.5, 0.6) is 0 Å². The number of carbonyl (C=O) groups is 2. The normalized spacial score (nSPS) is 17.0. The van der Waals surface area contributed by atoms with Crippen LogP contribution >= 0.6 is 0 Å². The van der Waals surface area contributed by atoms with E-state index in [0.717, 1.165) is 16.5 Å². The van der Waals surface area contributed by atoms with Crippen LogP contribution < -0.4 is 0 Å². The number of benzene rings is 1. The van der Waals surface area contributed by atoms with Crippen LogP contribution in [0, 0.1) is 0 Å². The molecule has 0 aliphatic carbocycles. The maximum Gasteiger partial charge on any atom is 0.337 e. The van der Waals surface area contributed by atoms with Gasteiger partial charge >= 0.3 is 11.9 Å². The molecule has 0 spiro atoms. The molecule has 1 aliphatic heterocycles. The van der Waals surface area contributed by atoms with Gasteiger partial charge in [-0.2, -0.15) is 0 Å². The second-order valence-electron chi connectivity index (χ2n) is 8.55. The van der Waals surface area contributed by atoms with Crippen molar-refractivity contribution >= 4 is 28.9 Å². The molecule has 0 N–H and O–H groups in total. The summed E-state index contributed by atoms with van der Waals surface area (Å²) in [4.78, 5) is 25.8. The second-order valence-corrected chi connectivity index (χ2v) is 8.55. The summed E-state index contributed by atoms with van der Waals surface area (Å²) in [6.45, 7) is 10.8. The first-order chi connectivity index (χ1) is 12.0. The molecule has 1 aliphatic rings. The topological polar surface area (TPSA) is 57.5 Å². The Morgan fingerprint density at radius 2 is 1.62 bits per heavy atom. The molecule has 2 aromatic rings. The molecule has 138 valence electrons. The van der Waals surface area contributed by atoms with Gasteiger partial charge in [0.05, 0.1) is 11.1 Å². The number of hydrogen-bond donors (Lipinski definition) is 0. The van der Waals surface area contributed by atoms with Gasteiger partial charge in [-0.25, -0.2) is 9.59 Å². The fourth-order valence-corrected chi connectivity index (χ4v) is 3.08. The number of hydrogen-bond acceptors (Lipinski definition) is 4. The van der Waals surface area contributed by atoms with Crippen LogP contribution in [-0.4, -0.2) is 27.7 Å². The zero-order chi connectivity index (χ0) is 19.3. The van der Waals surface area contributed by atoms with Crippen molar-refractivity contribution in [1.82, 2.24) is 4.57 Å². The Morgan fingerprint density at radius 3 is 2.23 bits per heavy atom. The molecule has 2 heterocycles. The minimum Gasteiger partial charge on any atom is -0.458 e. The van der Waals surface area contributed by atoms with Crippen molar-refractivity contribution < 1.29 is 19.1 Å². The quantitative estimate of drug-likeness (QED) is 0.755. The van der Waals surface area contributed by atoms with Crippen molar-refractivity contribution in [1.29, 1.82) is 0 Å². The Labute approximate surface area is 153 Å². The Bertz CT molecular complexity index is 906. The monoisotopic (exact) mass is 355 g/mol. The average molecular weight is 355 g/mol. The van der Waals surface area contributed by atoms with Crippen molar-refractivity contribution in [2.24, 2.45) is 0 Å². The van der Waals surface area contributed by atoms with Gasteiger partial charge in [0, 0.05) is 11.6 Å². The van der Waals surface area contributed by atoms with Crippen LogP contribution in [0.3, 0.4) is 0 Å². The number of rotatable bonds is 2. The summed E-state index contributed by atoms with van der Waals surface area (Å²) in [5, 5.41) is 1.01. The summed E-state index contributed by atoms with van der Waals surface area (Å²) in [6.07, 6.45) is 3.56. The Balaban J connectivity index is 2.11. The third-order valence-corrected chi connectivity index (χ3v) is 3.92. The van der Waals surface area contributed by atoms with Crippen molar-refractivity contribution in [3.63, 3.8) is 0 Å². The molecule has 5 nitrogen and oxygen atoms in total. The molecule has 0 bridgehead atoms. The number of ether oxygens (including phenoxy) is 2. The molecule has 26 heavy (non-hydrogen) atoms. The molecular formula is C21H25NO4. The third kappa shape index (κ3) is 3.52. The van der Waals surface area contributed by atoms with Crippen LogP contribution in [-0.2, 0) is 19.1 Å². The van der Waals surface area contributed by atoms with Gasteiger partial charge in [0.15, 0.2) is 6.04 Å². The maximum absolute atomic E-state index is 13.0. The minimum absolute atomic E-state index is 0.283. The Hall–Kier alpha value is -2.56. The van der Waals surface area contributed by atoms with E-state index in [9.17, 15) is 9.59 Å². The molecule has 0 amide bonds. The summed E-state index contributed by atoms with van der Waals surface area (Å²) >= 11 is 0. The maximum atomic E-state index is 13.0. The van der Waals surface area contributed by atoms with E-state index in [-0.39, 0.29) is 5.57 Å². The van der Waals surface area contributed by atoms with Crippen molar-refractivity contribution in [2.45, 2.75) is 58.8 Å². The SMILES string of the molecule is CC(C)(C)OC(=O)C1=Cc2cccc3ccn(c23)C1C(=O)OC(C)(C)C.